The van der Waals surface area contributed by atoms with Gasteiger partial charge in [0.25, 0.3) is 0 Å². The molecule has 5 heteroatoms. The molecule has 0 saturated carbocycles. The number of thiazole rings is 1. The molecule has 3 rings (SSSR count). The Labute approximate surface area is 165 Å². The second-order valence-corrected chi connectivity index (χ2v) is 7.51. The summed E-state index contributed by atoms with van der Waals surface area (Å²) in [5.74, 6) is 0. The highest BCUT2D eigenvalue weighted by Gasteiger charge is 2.09. The average Bonchev–Trinajstić information content (AvgIpc) is 3.14. The summed E-state index contributed by atoms with van der Waals surface area (Å²) in [6.07, 6.45) is 2.74. The number of aromatic nitrogens is 1. The largest absolute Gasteiger partial charge is 0.360 e. The Morgan fingerprint density at radius 2 is 1.92 bits per heavy atom. The predicted molar refractivity (Wildman–Crippen MR) is 113 cm³/mol. The topological polar surface area (TPSA) is 48.7 Å². The molecular weight excluding hydrogens is 441 g/mol. The molecule has 0 spiro atoms. The van der Waals surface area contributed by atoms with E-state index in [1.165, 1.54) is 20.5 Å². The van der Waals surface area contributed by atoms with Gasteiger partial charge in [0.05, 0.1) is 5.69 Å². The van der Waals surface area contributed by atoms with Gasteiger partial charge in [-0.25, -0.2) is 4.98 Å². The molecule has 25 heavy (non-hydrogen) atoms. The first-order chi connectivity index (χ1) is 12.2. The Hall–Kier alpha value is -2.17. The van der Waals surface area contributed by atoms with Crippen molar-refractivity contribution < 1.29 is 0 Å². The predicted octanol–water partition coefficient (Wildman–Crippen LogP) is 5.95. The van der Waals surface area contributed by atoms with Gasteiger partial charge >= 0.3 is 0 Å². The van der Waals surface area contributed by atoms with Crippen molar-refractivity contribution in [3.63, 3.8) is 0 Å². The summed E-state index contributed by atoms with van der Waals surface area (Å²) in [6, 6.07) is 18.6. The second-order valence-electron chi connectivity index (χ2n) is 5.41. The summed E-state index contributed by atoms with van der Waals surface area (Å²) in [6.45, 7) is 2.14. The van der Waals surface area contributed by atoms with Crippen LogP contribution < -0.4 is 5.32 Å². The lowest BCUT2D eigenvalue weighted by molar-refractivity contribution is 1.14. The number of nitrogens with one attached hydrogen (secondary N) is 1. The van der Waals surface area contributed by atoms with E-state index < -0.39 is 0 Å². The molecule has 0 radical (unpaired) electrons. The van der Waals surface area contributed by atoms with E-state index in [9.17, 15) is 5.26 Å². The lowest BCUT2D eigenvalue weighted by atomic mass is 10.1. The van der Waals surface area contributed by atoms with Crippen LogP contribution in [0.15, 0.2) is 60.1 Å². The summed E-state index contributed by atoms with van der Waals surface area (Å²) >= 11 is 3.75. The van der Waals surface area contributed by atoms with Crippen molar-refractivity contribution in [3.8, 4) is 17.3 Å². The van der Waals surface area contributed by atoms with Crippen molar-refractivity contribution >= 4 is 45.2 Å². The van der Waals surface area contributed by atoms with Gasteiger partial charge in [-0.1, -0.05) is 31.2 Å². The highest BCUT2D eigenvalue weighted by molar-refractivity contribution is 14.1. The summed E-state index contributed by atoms with van der Waals surface area (Å²) in [7, 11) is 0. The number of nitriles is 1. The maximum absolute atomic E-state index is 9.46. The number of benzene rings is 2. The van der Waals surface area contributed by atoms with E-state index in [-0.39, 0.29) is 0 Å². The molecule has 0 atom stereocenters. The van der Waals surface area contributed by atoms with Gasteiger partial charge < -0.3 is 5.32 Å². The van der Waals surface area contributed by atoms with Crippen molar-refractivity contribution in [2.24, 2.45) is 0 Å². The lowest BCUT2D eigenvalue weighted by Gasteiger charge is -2.01. The zero-order valence-corrected chi connectivity index (χ0v) is 16.6. The Morgan fingerprint density at radius 3 is 2.56 bits per heavy atom. The Bertz CT molecular complexity index is 919. The molecule has 124 valence electrons. The number of hydrogen-bond acceptors (Lipinski definition) is 4. The Balaban J connectivity index is 1.79. The van der Waals surface area contributed by atoms with Crippen molar-refractivity contribution in [2.45, 2.75) is 13.3 Å². The summed E-state index contributed by atoms with van der Waals surface area (Å²) in [5.41, 5.74) is 4.75. The van der Waals surface area contributed by atoms with E-state index in [0.717, 1.165) is 28.4 Å². The third-order valence-electron chi connectivity index (χ3n) is 3.74. The fourth-order valence-electron chi connectivity index (χ4n) is 2.28. The summed E-state index contributed by atoms with van der Waals surface area (Å²) < 4.78 is 1.17. The van der Waals surface area contributed by atoms with E-state index in [1.54, 1.807) is 6.20 Å². The molecule has 1 heterocycles. The first-order valence-electron chi connectivity index (χ1n) is 7.87. The molecule has 1 aromatic heterocycles. The zero-order valence-electron chi connectivity index (χ0n) is 13.7. The lowest BCUT2D eigenvalue weighted by Crippen LogP contribution is -1.91. The molecule has 0 aliphatic rings. The van der Waals surface area contributed by atoms with Crippen LogP contribution in [-0.2, 0) is 6.42 Å². The highest BCUT2D eigenvalue weighted by Crippen LogP contribution is 2.26. The molecule has 0 unspecified atom stereocenters. The van der Waals surface area contributed by atoms with Crippen molar-refractivity contribution in [1.29, 1.82) is 5.26 Å². The number of anilines is 1. The SMILES string of the molecule is CCc1ccc(-c2csc(C(C#N)=CNc3ccc(I)cc3)n2)cc1. The number of allylic oxidation sites excluding steroid dienone is 1. The van der Waals surface area contributed by atoms with E-state index in [2.05, 4.69) is 70.2 Å². The number of aryl methyl sites for hydroxylation is 1. The number of rotatable bonds is 5. The molecule has 3 aromatic rings. The molecule has 0 aliphatic heterocycles. The van der Waals surface area contributed by atoms with Crippen LogP contribution in [-0.4, -0.2) is 4.98 Å². The molecule has 0 saturated heterocycles. The first kappa shape index (κ1) is 17.6. The van der Waals surface area contributed by atoms with Crippen LogP contribution in [0.2, 0.25) is 0 Å². The monoisotopic (exact) mass is 457 g/mol. The van der Waals surface area contributed by atoms with Crippen LogP contribution >= 0.6 is 33.9 Å². The minimum Gasteiger partial charge on any atom is -0.360 e. The van der Waals surface area contributed by atoms with Crippen LogP contribution in [0.3, 0.4) is 0 Å². The fourth-order valence-corrected chi connectivity index (χ4v) is 3.44. The summed E-state index contributed by atoms with van der Waals surface area (Å²) in [5, 5.41) is 15.3. The molecule has 0 fully saturated rings. The third kappa shape index (κ3) is 4.47. The number of hydrogen-bond donors (Lipinski definition) is 1. The molecule has 2 aromatic carbocycles. The summed E-state index contributed by atoms with van der Waals surface area (Å²) in [4.78, 5) is 4.62. The van der Waals surface area contributed by atoms with Gasteiger partial charge in [0.1, 0.15) is 16.6 Å². The number of nitrogens with zero attached hydrogens (tertiary/aromatic N) is 2. The van der Waals surface area contributed by atoms with Gasteiger partial charge in [0.2, 0.25) is 0 Å². The van der Waals surface area contributed by atoms with Gasteiger partial charge in [-0.2, -0.15) is 5.26 Å². The van der Waals surface area contributed by atoms with Gasteiger partial charge in [0, 0.05) is 26.4 Å². The van der Waals surface area contributed by atoms with Crippen molar-refractivity contribution in [2.75, 3.05) is 5.32 Å². The Kier molecular flexibility index (Phi) is 5.84. The average molecular weight is 457 g/mol. The highest BCUT2D eigenvalue weighted by atomic mass is 127. The smallest absolute Gasteiger partial charge is 0.136 e. The van der Waals surface area contributed by atoms with Gasteiger partial charge in [-0.15, -0.1) is 11.3 Å². The van der Waals surface area contributed by atoms with Crippen LogP contribution in [0, 0.1) is 14.9 Å². The number of halogens is 1. The first-order valence-corrected chi connectivity index (χ1v) is 9.83. The maximum Gasteiger partial charge on any atom is 0.136 e. The van der Waals surface area contributed by atoms with Crippen molar-refractivity contribution in [1.82, 2.24) is 4.98 Å². The fraction of sp³-hybridized carbons (Fsp3) is 0.100. The van der Waals surface area contributed by atoms with Crippen LogP contribution in [0.1, 0.15) is 17.5 Å². The molecule has 3 nitrogen and oxygen atoms in total. The quantitative estimate of drug-likeness (QED) is 0.380. The van der Waals surface area contributed by atoms with E-state index in [0.29, 0.717) is 5.57 Å². The molecular formula is C20H16IN3S. The normalized spacial score (nSPS) is 11.2. The minimum absolute atomic E-state index is 0.528. The minimum atomic E-state index is 0.528. The molecule has 0 bridgehead atoms. The van der Waals surface area contributed by atoms with Gasteiger partial charge in [-0.3, -0.25) is 0 Å². The zero-order chi connectivity index (χ0) is 17.6. The third-order valence-corrected chi connectivity index (χ3v) is 5.34. The Morgan fingerprint density at radius 1 is 1.20 bits per heavy atom. The van der Waals surface area contributed by atoms with Gasteiger partial charge in [-0.05, 0) is 58.8 Å². The maximum atomic E-state index is 9.46. The van der Waals surface area contributed by atoms with E-state index in [1.807, 2.05) is 29.6 Å². The molecule has 0 amide bonds. The molecule has 1 N–H and O–H groups in total. The molecule has 0 aliphatic carbocycles. The van der Waals surface area contributed by atoms with Crippen LogP contribution in [0.25, 0.3) is 16.8 Å². The van der Waals surface area contributed by atoms with Crippen LogP contribution in [0.4, 0.5) is 5.69 Å². The van der Waals surface area contributed by atoms with Crippen molar-refractivity contribution in [3.05, 3.63) is 74.3 Å². The second kappa shape index (κ2) is 8.28. The van der Waals surface area contributed by atoms with Gasteiger partial charge in [0.15, 0.2) is 0 Å². The van der Waals surface area contributed by atoms with E-state index in [4.69, 9.17) is 0 Å². The standard InChI is InChI=1S/C20H16IN3S/c1-2-14-3-5-15(6-4-14)19-13-25-20(24-19)16(11-22)12-23-18-9-7-17(21)8-10-18/h3-10,12-13,23H,2H2,1H3. The van der Waals surface area contributed by atoms with Crippen LogP contribution in [0.5, 0.6) is 0 Å². The van der Waals surface area contributed by atoms with E-state index >= 15 is 0 Å².